The standard InChI is InChI=1S/C20H26FN7/c1-4-22-20(24-13-19-26-25-18-7-5-6-10-28(18)19)23-12-15-8-9-17(21)16(11-15)14-27(2)3/h5-11H,4,12-14H2,1-3H3,(H2,22,23,24). The average molecular weight is 383 g/mol. The van der Waals surface area contributed by atoms with Crippen molar-refractivity contribution in [2.75, 3.05) is 20.6 Å². The molecule has 0 saturated carbocycles. The fraction of sp³-hybridized carbons (Fsp3) is 0.350. The highest BCUT2D eigenvalue weighted by Gasteiger charge is 2.07. The fourth-order valence-electron chi connectivity index (χ4n) is 2.87. The molecule has 0 bridgehead atoms. The molecule has 2 N–H and O–H groups in total. The van der Waals surface area contributed by atoms with Gasteiger partial charge in [-0.25, -0.2) is 9.38 Å². The summed E-state index contributed by atoms with van der Waals surface area (Å²) in [6.45, 7) is 4.25. The van der Waals surface area contributed by atoms with Gasteiger partial charge in [-0.2, -0.15) is 0 Å². The highest BCUT2D eigenvalue weighted by Crippen LogP contribution is 2.13. The van der Waals surface area contributed by atoms with Gasteiger partial charge in [-0.05, 0) is 50.8 Å². The Balaban J connectivity index is 1.69. The maximum Gasteiger partial charge on any atom is 0.191 e. The second-order valence-corrected chi connectivity index (χ2v) is 6.76. The number of aliphatic imine (C=N–C) groups is 1. The van der Waals surface area contributed by atoms with Crippen molar-refractivity contribution in [3.05, 3.63) is 65.4 Å². The Morgan fingerprint density at radius 2 is 2.04 bits per heavy atom. The molecule has 0 amide bonds. The van der Waals surface area contributed by atoms with Crippen molar-refractivity contribution in [3.63, 3.8) is 0 Å². The van der Waals surface area contributed by atoms with Gasteiger partial charge >= 0.3 is 0 Å². The maximum absolute atomic E-state index is 14.0. The van der Waals surface area contributed by atoms with Gasteiger partial charge in [0.05, 0.1) is 13.1 Å². The van der Waals surface area contributed by atoms with Gasteiger partial charge in [0.15, 0.2) is 17.4 Å². The largest absolute Gasteiger partial charge is 0.357 e. The number of hydrogen-bond donors (Lipinski definition) is 2. The van der Waals surface area contributed by atoms with Crippen molar-refractivity contribution in [2.45, 2.75) is 26.6 Å². The molecule has 0 spiro atoms. The number of guanidine groups is 1. The Bertz CT molecular complexity index is 949. The molecule has 28 heavy (non-hydrogen) atoms. The lowest BCUT2D eigenvalue weighted by Crippen LogP contribution is -2.37. The number of benzene rings is 1. The van der Waals surface area contributed by atoms with E-state index < -0.39 is 0 Å². The molecular weight excluding hydrogens is 357 g/mol. The van der Waals surface area contributed by atoms with Crippen LogP contribution in [0.25, 0.3) is 5.65 Å². The number of aromatic nitrogens is 3. The summed E-state index contributed by atoms with van der Waals surface area (Å²) in [7, 11) is 3.84. The van der Waals surface area contributed by atoms with Crippen LogP contribution in [-0.4, -0.2) is 46.1 Å². The van der Waals surface area contributed by atoms with Crippen LogP contribution < -0.4 is 10.6 Å². The van der Waals surface area contributed by atoms with Gasteiger partial charge in [0.1, 0.15) is 5.82 Å². The number of pyridine rings is 1. The molecule has 2 heterocycles. The third kappa shape index (κ3) is 5.04. The maximum atomic E-state index is 14.0. The third-order valence-electron chi connectivity index (χ3n) is 4.16. The van der Waals surface area contributed by atoms with Crippen molar-refractivity contribution in [1.82, 2.24) is 30.1 Å². The van der Waals surface area contributed by atoms with E-state index in [9.17, 15) is 4.39 Å². The van der Waals surface area contributed by atoms with Crippen molar-refractivity contribution >= 4 is 11.6 Å². The zero-order valence-electron chi connectivity index (χ0n) is 16.5. The fourth-order valence-corrected chi connectivity index (χ4v) is 2.87. The van der Waals surface area contributed by atoms with E-state index in [1.807, 2.05) is 60.8 Å². The van der Waals surface area contributed by atoms with Crippen LogP contribution >= 0.6 is 0 Å². The molecule has 3 rings (SSSR count). The molecule has 2 aromatic heterocycles. The second kappa shape index (κ2) is 9.27. The van der Waals surface area contributed by atoms with Crippen LogP contribution in [0.5, 0.6) is 0 Å². The average Bonchev–Trinajstić information content (AvgIpc) is 3.09. The normalized spacial score (nSPS) is 12.0. The van der Waals surface area contributed by atoms with Crippen LogP contribution in [0.3, 0.4) is 0 Å². The van der Waals surface area contributed by atoms with Crippen molar-refractivity contribution < 1.29 is 4.39 Å². The van der Waals surface area contributed by atoms with Gasteiger partial charge in [-0.3, -0.25) is 4.40 Å². The Morgan fingerprint density at radius 1 is 1.18 bits per heavy atom. The number of hydrogen-bond acceptors (Lipinski definition) is 4. The lowest BCUT2D eigenvalue weighted by atomic mass is 10.1. The van der Waals surface area contributed by atoms with E-state index in [1.165, 1.54) is 6.07 Å². The summed E-state index contributed by atoms with van der Waals surface area (Å²) in [5.74, 6) is 1.29. The van der Waals surface area contributed by atoms with Gasteiger partial charge in [0.25, 0.3) is 0 Å². The van der Waals surface area contributed by atoms with Crippen LogP contribution in [0.1, 0.15) is 23.9 Å². The van der Waals surface area contributed by atoms with Crippen molar-refractivity contribution in [2.24, 2.45) is 4.99 Å². The zero-order chi connectivity index (χ0) is 19.9. The quantitative estimate of drug-likeness (QED) is 0.483. The van der Waals surface area contributed by atoms with Gasteiger partial charge in [0, 0.05) is 24.8 Å². The first kappa shape index (κ1) is 19.8. The number of fused-ring (bicyclic) bond motifs is 1. The molecule has 7 nitrogen and oxygen atoms in total. The second-order valence-electron chi connectivity index (χ2n) is 6.76. The van der Waals surface area contributed by atoms with Gasteiger partial charge in [0.2, 0.25) is 0 Å². The SMILES string of the molecule is CCNC(=NCc1ccc(F)c(CN(C)C)c1)NCc1nnc2ccccn12. The number of halogens is 1. The van der Waals surface area contributed by atoms with Crippen LogP contribution in [0.4, 0.5) is 4.39 Å². The van der Waals surface area contributed by atoms with E-state index in [-0.39, 0.29) is 5.82 Å². The molecule has 0 unspecified atom stereocenters. The van der Waals surface area contributed by atoms with E-state index in [2.05, 4.69) is 25.8 Å². The number of nitrogens with zero attached hydrogens (tertiary/aromatic N) is 5. The van der Waals surface area contributed by atoms with E-state index >= 15 is 0 Å². The smallest absolute Gasteiger partial charge is 0.191 e. The summed E-state index contributed by atoms with van der Waals surface area (Å²) >= 11 is 0. The Kier molecular flexibility index (Phi) is 6.54. The third-order valence-corrected chi connectivity index (χ3v) is 4.16. The van der Waals surface area contributed by atoms with E-state index in [0.717, 1.165) is 23.6 Å². The molecule has 148 valence electrons. The predicted octanol–water partition coefficient (Wildman–Crippen LogP) is 2.19. The molecule has 0 radical (unpaired) electrons. The molecule has 8 heteroatoms. The molecule has 0 atom stereocenters. The van der Waals surface area contributed by atoms with Crippen LogP contribution in [0, 0.1) is 5.82 Å². The minimum atomic E-state index is -0.190. The van der Waals surface area contributed by atoms with Crippen molar-refractivity contribution in [1.29, 1.82) is 0 Å². The highest BCUT2D eigenvalue weighted by atomic mass is 19.1. The molecule has 0 aliphatic heterocycles. The van der Waals surface area contributed by atoms with Crippen LogP contribution in [0.15, 0.2) is 47.6 Å². The molecule has 0 aliphatic carbocycles. The Morgan fingerprint density at radius 3 is 2.82 bits per heavy atom. The molecule has 1 aromatic carbocycles. The first-order valence-corrected chi connectivity index (χ1v) is 9.29. The molecule has 3 aromatic rings. The Labute approximate surface area is 164 Å². The van der Waals surface area contributed by atoms with E-state index in [0.29, 0.717) is 31.2 Å². The first-order valence-electron chi connectivity index (χ1n) is 9.29. The Hall–Kier alpha value is -3.00. The summed E-state index contributed by atoms with van der Waals surface area (Å²) < 4.78 is 15.9. The van der Waals surface area contributed by atoms with E-state index in [4.69, 9.17) is 0 Å². The van der Waals surface area contributed by atoms with Crippen LogP contribution in [-0.2, 0) is 19.6 Å². The summed E-state index contributed by atoms with van der Waals surface area (Å²) in [6.07, 6.45) is 1.93. The van der Waals surface area contributed by atoms with Gasteiger partial charge in [-0.1, -0.05) is 12.1 Å². The van der Waals surface area contributed by atoms with E-state index in [1.54, 1.807) is 6.07 Å². The summed E-state index contributed by atoms with van der Waals surface area (Å²) in [4.78, 5) is 6.56. The minimum Gasteiger partial charge on any atom is -0.357 e. The zero-order valence-corrected chi connectivity index (χ0v) is 16.5. The number of nitrogens with one attached hydrogen (secondary N) is 2. The monoisotopic (exact) mass is 383 g/mol. The molecule has 0 fully saturated rings. The molecular formula is C20H26FN7. The summed E-state index contributed by atoms with van der Waals surface area (Å²) in [6, 6.07) is 10.9. The van der Waals surface area contributed by atoms with Gasteiger partial charge < -0.3 is 15.5 Å². The van der Waals surface area contributed by atoms with Crippen LogP contribution in [0.2, 0.25) is 0 Å². The van der Waals surface area contributed by atoms with Crippen molar-refractivity contribution in [3.8, 4) is 0 Å². The lowest BCUT2D eigenvalue weighted by Gasteiger charge is -2.13. The topological polar surface area (TPSA) is 69.8 Å². The molecule has 0 aliphatic rings. The highest BCUT2D eigenvalue weighted by molar-refractivity contribution is 5.79. The summed E-state index contributed by atoms with van der Waals surface area (Å²) in [5, 5.41) is 14.9. The predicted molar refractivity (Wildman–Crippen MR) is 108 cm³/mol. The van der Waals surface area contributed by atoms with Gasteiger partial charge in [-0.15, -0.1) is 10.2 Å². The minimum absolute atomic E-state index is 0.190. The first-order chi connectivity index (χ1) is 13.6. The summed E-state index contributed by atoms with van der Waals surface area (Å²) in [5.41, 5.74) is 2.44. The molecule has 0 saturated heterocycles. The number of rotatable bonds is 7. The lowest BCUT2D eigenvalue weighted by molar-refractivity contribution is 0.392.